The van der Waals surface area contributed by atoms with E-state index in [4.69, 9.17) is 4.74 Å². The van der Waals surface area contributed by atoms with Crippen molar-refractivity contribution in [2.75, 3.05) is 0 Å². The molecule has 2 nitrogen and oxygen atoms in total. The molecule has 1 aromatic carbocycles. The molecule has 0 spiro atoms. The number of ether oxygens (including phenoxy) is 1. The van der Waals surface area contributed by atoms with E-state index in [0.29, 0.717) is 11.8 Å². The fraction of sp³-hybridized carbons (Fsp3) is 0.400. The van der Waals surface area contributed by atoms with E-state index < -0.39 is 0 Å². The molecule has 17 heavy (non-hydrogen) atoms. The summed E-state index contributed by atoms with van der Waals surface area (Å²) in [6.45, 7) is 8.57. The maximum atomic E-state index is 6.05. The van der Waals surface area contributed by atoms with Gasteiger partial charge < -0.3 is 4.74 Å². The lowest BCUT2D eigenvalue weighted by Crippen LogP contribution is -2.08. The highest BCUT2D eigenvalue weighted by atomic mass is 16.5. The van der Waals surface area contributed by atoms with Crippen LogP contribution in [0.4, 0.5) is 0 Å². The molecule has 0 bridgehead atoms. The van der Waals surface area contributed by atoms with Gasteiger partial charge in [-0.25, -0.2) is 0 Å². The van der Waals surface area contributed by atoms with E-state index >= 15 is 0 Å². The second-order valence-corrected chi connectivity index (χ2v) is 4.96. The zero-order chi connectivity index (χ0) is 12.4. The summed E-state index contributed by atoms with van der Waals surface area (Å²) in [5.74, 6) is 2.60. The van der Waals surface area contributed by atoms with Crippen molar-refractivity contribution in [2.45, 2.75) is 27.7 Å². The summed E-state index contributed by atoms with van der Waals surface area (Å²) >= 11 is 0. The minimum atomic E-state index is 0.343. The SMILES string of the molecule is CC(C)C1=C(C(C)C)Oc2ccccc2C=N1. The molecule has 1 aliphatic heterocycles. The van der Waals surface area contributed by atoms with E-state index in [9.17, 15) is 0 Å². The predicted molar refractivity (Wildman–Crippen MR) is 71.4 cm³/mol. The molecule has 0 fully saturated rings. The summed E-state index contributed by atoms with van der Waals surface area (Å²) in [5.41, 5.74) is 2.09. The van der Waals surface area contributed by atoms with Crippen LogP contribution < -0.4 is 4.74 Å². The van der Waals surface area contributed by atoms with Crippen LogP contribution in [0.1, 0.15) is 33.3 Å². The minimum Gasteiger partial charge on any atom is -0.459 e. The first kappa shape index (κ1) is 11.9. The van der Waals surface area contributed by atoms with Crippen molar-refractivity contribution in [2.24, 2.45) is 16.8 Å². The van der Waals surface area contributed by atoms with Gasteiger partial charge in [0.1, 0.15) is 11.5 Å². The van der Waals surface area contributed by atoms with Crippen molar-refractivity contribution in [3.05, 3.63) is 41.3 Å². The molecule has 0 saturated heterocycles. The molecule has 2 heteroatoms. The molecule has 1 heterocycles. The normalized spacial score (nSPS) is 14.9. The Hall–Kier alpha value is -1.57. The highest BCUT2D eigenvalue weighted by Crippen LogP contribution is 2.30. The average molecular weight is 229 g/mol. The summed E-state index contributed by atoms with van der Waals surface area (Å²) in [4.78, 5) is 4.60. The predicted octanol–water partition coefficient (Wildman–Crippen LogP) is 4.02. The summed E-state index contributed by atoms with van der Waals surface area (Å²) in [6, 6.07) is 8.02. The molecular formula is C15H19NO. The number of allylic oxidation sites excluding steroid dienone is 2. The lowest BCUT2D eigenvalue weighted by Gasteiger charge is -2.17. The van der Waals surface area contributed by atoms with Crippen LogP contribution in [0.15, 0.2) is 40.7 Å². The highest BCUT2D eigenvalue weighted by molar-refractivity contribution is 5.84. The number of fused-ring (bicyclic) bond motifs is 1. The Morgan fingerprint density at radius 3 is 2.35 bits per heavy atom. The molecule has 0 aromatic heterocycles. The zero-order valence-electron chi connectivity index (χ0n) is 10.9. The summed E-state index contributed by atoms with van der Waals surface area (Å²) in [7, 11) is 0. The molecule has 0 amide bonds. The summed E-state index contributed by atoms with van der Waals surface area (Å²) < 4.78 is 6.05. The van der Waals surface area contributed by atoms with Crippen LogP contribution in [-0.4, -0.2) is 6.21 Å². The topological polar surface area (TPSA) is 21.6 Å². The van der Waals surface area contributed by atoms with Gasteiger partial charge in [-0.1, -0.05) is 39.8 Å². The van der Waals surface area contributed by atoms with Crippen molar-refractivity contribution < 1.29 is 4.74 Å². The summed E-state index contributed by atoms with van der Waals surface area (Å²) in [5, 5.41) is 0. The van der Waals surface area contributed by atoms with Gasteiger partial charge >= 0.3 is 0 Å². The van der Waals surface area contributed by atoms with Crippen LogP contribution in [0.25, 0.3) is 0 Å². The van der Waals surface area contributed by atoms with Crippen LogP contribution in [0.5, 0.6) is 5.75 Å². The number of nitrogens with zero attached hydrogens (tertiary/aromatic N) is 1. The average Bonchev–Trinajstić information content (AvgIpc) is 2.47. The number of para-hydroxylation sites is 1. The van der Waals surface area contributed by atoms with E-state index in [1.807, 2.05) is 30.5 Å². The Kier molecular flexibility index (Phi) is 3.32. The first-order valence-corrected chi connectivity index (χ1v) is 6.14. The molecule has 0 radical (unpaired) electrons. The number of hydrogen-bond acceptors (Lipinski definition) is 2. The largest absolute Gasteiger partial charge is 0.459 e. The van der Waals surface area contributed by atoms with Gasteiger partial charge in [0.25, 0.3) is 0 Å². The second kappa shape index (κ2) is 4.74. The first-order valence-electron chi connectivity index (χ1n) is 6.14. The van der Waals surface area contributed by atoms with Crippen LogP contribution in [0, 0.1) is 11.8 Å². The second-order valence-electron chi connectivity index (χ2n) is 4.96. The van der Waals surface area contributed by atoms with Gasteiger partial charge in [-0.2, -0.15) is 0 Å². The maximum absolute atomic E-state index is 6.05. The zero-order valence-corrected chi connectivity index (χ0v) is 10.9. The van der Waals surface area contributed by atoms with E-state index in [-0.39, 0.29) is 0 Å². The van der Waals surface area contributed by atoms with Crippen LogP contribution in [0.3, 0.4) is 0 Å². The lowest BCUT2D eigenvalue weighted by molar-refractivity contribution is 0.355. The van der Waals surface area contributed by atoms with Gasteiger partial charge in [0.15, 0.2) is 0 Å². The fourth-order valence-corrected chi connectivity index (χ4v) is 1.90. The van der Waals surface area contributed by atoms with Crippen molar-refractivity contribution in [1.82, 2.24) is 0 Å². The molecule has 1 aliphatic rings. The number of benzene rings is 1. The Morgan fingerprint density at radius 2 is 1.71 bits per heavy atom. The quantitative estimate of drug-likeness (QED) is 0.750. The van der Waals surface area contributed by atoms with Gasteiger partial charge in [-0.05, 0) is 18.1 Å². The molecule has 0 unspecified atom stereocenters. The summed E-state index contributed by atoms with van der Waals surface area (Å²) in [6.07, 6.45) is 1.90. The number of hydrogen-bond donors (Lipinski definition) is 0. The molecule has 0 N–H and O–H groups in total. The van der Waals surface area contributed by atoms with Crippen LogP contribution in [-0.2, 0) is 0 Å². The fourth-order valence-electron chi connectivity index (χ4n) is 1.90. The monoisotopic (exact) mass is 229 g/mol. The van der Waals surface area contributed by atoms with Gasteiger partial charge in [0, 0.05) is 17.7 Å². The Balaban J connectivity index is 2.50. The number of aliphatic imine (C=N–C) groups is 1. The van der Waals surface area contributed by atoms with E-state index in [1.165, 1.54) is 0 Å². The third kappa shape index (κ3) is 2.41. The molecule has 1 aromatic rings. The van der Waals surface area contributed by atoms with Gasteiger partial charge in [0.2, 0.25) is 0 Å². The maximum Gasteiger partial charge on any atom is 0.135 e. The van der Waals surface area contributed by atoms with Crippen LogP contribution in [0.2, 0.25) is 0 Å². The van der Waals surface area contributed by atoms with E-state index in [2.05, 4.69) is 32.7 Å². The highest BCUT2D eigenvalue weighted by Gasteiger charge is 2.19. The molecular weight excluding hydrogens is 210 g/mol. The first-order chi connectivity index (χ1) is 8.09. The Morgan fingerprint density at radius 1 is 1.00 bits per heavy atom. The smallest absolute Gasteiger partial charge is 0.135 e. The Bertz CT molecular complexity index is 470. The van der Waals surface area contributed by atoms with Crippen molar-refractivity contribution in [3.8, 4) is 5.75 Å². The van der Waals surface area contributed by atoms with Crippen LogP contribution >= 0.6 is 0 Å². The molecule has 2 rings (SSSR count). The molecule has 90 valence electrons. The third-order valence-corrected chi connectivity index (χ3v) is 2.81. The van der Waals surface area contributed by atoms with Crippen molar-refractivity contribution in [3.63, 3.8) is 0 Å². The Labute approximate surface area is 103 Å². The van der Waals surface area contributed by atoms with Crippen molar-refractivity contribution in [1.29, 1.82) is 0 Å². The van der Waals surface area contributed by atoms with Crippen molar-refractivity contribution >= 4 is 6.21 Å². The number of rotatable bonds is 2. The van der Waals surface area contributed by atoms with Gasteiger partial charge in [-0.3, -0.25) is 4.99 Å². The third-order valence-electron chi connectivity index (χ3n) is 2.81. The lowest BCUT2D eigenvalue weighted by atomic mass is 10.0. The molecule has 0 atom stereocenters. The minimum absolute atomic E-state index is 0.343. The molecule has 0 aliphatic carbocycles. The van der Waals surface area contributed by atoms with Gasteiger partial charge in [-0.15, -0.1) is 0 Å². The van der Waals surface area contributed by atoms with E-state index in [0.717, 1.165) is 22.8 Å². The standard InChI is InChI=1S/C15H19NO/c1-10(2)14-15(11(3)4)17-13-8-6-5-7-12(13)9-16-14/h5-11H,1-4H3. The van der Waals surface area contributed by atoms with Gasteiger partial charge in [0.05, 0.1) is 5.70 Å². The molecule has 0 saturated carbocycles. The van der Waals surface area contributed by atoms with E-state index in [1.54, 1.807) is 0 Å².